The van der Waals surface area contributed by atoms with E-state index in [1.165, 1.54) is 25.7 Å². The Kier molecular flexibility index (Phi) is 3.75. The SMILES string of the molecule is ClC1=C(OC2CCCC2)NC=NC1N1CCCC1. The molecule has 5 heteroatoms. The van der Waals surface area contributed by atoms with Gasteiger partial charge >= 0.3 is 0 Å². The minimum absolute atomic E-state index is 0.0354. The Morgan fingerprint density at radius 2 is 1.94 bits per heavy atom. The number of hydrogen-bond donors (Lipinski definition) is 1. The highest BCUT2D eigenvalue weighted by atomic mass is 35.5. The number of rotatable bonds is 3. The molecule has 1 saturated heterocycles. The number of halogens is 1. The van der Waals surface area contributed by atoms with E-state index in [-0.39, 0.29) is 6.17 Å². The molecule has 0 aromatic rings. The maximum atomic E-state index is 6.44. The molecule has 0 amide bonds. The van der Waals surface area contributed by atoms with Crippen LogP contribution in [0.1, 0.15) is 38.5 Å². The van der Waals surface area contributed by atoms with Gasteiger partial charge in [-0.15, -0.1) is 0 Å². The molecule has 18 heavy (non-hydrogen) atoms. The quantitative estimate of drug-likeness (QED) is 0.855. The van der Waals surface area contributed by atoms with Crippen molar-refractivity contribution < 1.29 is 4.74 Å². The second-order valence-corrected chi connectivity index (χ2v) is 5.65. The molecule has 1 N–H and O–H groups in total. The van der Waals surface area contributed by atoms with Crippen LogP contribution in [0.3, 0.4) is 0 Å². The van der Waals surface area contributed by atoms with E-state index in [9.17, 15) is 0 Å². The van der Waals surface area contributed by atoms with Gasteiger partial charge in [0, 0.05) is 13.1 Å². The highest BCUT2D eigenvalue weighted by Crippen LogP contribution is 2.29. The normalized spacial score (nSPS) is 29.9. The van der Waals surface area contributed by atoms with Crippen molar-refractivity contribution in [3.05, 3.63) is 10.9 Å². The number of aliphatic imine (C=N–C) groups is 1. The lowest BCUT2D eigenvalue weighted by atomic mass is 10.3. The average molecular weight is 270 g/mol. The first-order chi connectivity index (χ1) is 8.84. The lowest BCUT2D eigenvalue weighted by Crippen LogP contribution is -2.37. The zero-order valence-electron chi connectivity index (χ0n) is 10.6. The van der Waals surface area contributed by atoms with Gasteiger partial charge in [-0.3, -0.25) is 9.89 Å². The van der Waals surface area contributed by atoms with E-state index in [0.717, 1.165) is 31.8 Å². The van der Waals surface area contributed by atoms with Crippen molar-refractivity contribution >= 4 is 17.9 Å². The lowest BCUT2D eigenvalue weighted by molar-refractivity contribution is 0.107. The van der Waals surface area contributed by atoms with Crippen molar-refractivity contribution in [3.63, 3.8) is 0 Å². The van der Waals surface area contributed by atoms with Gasteiger partial charge in [-0.05, 0) is 38.5 Å². The Bertz CT molecular complexity index is 357. The largest absolute Gasteiger partial charge is 0.475 e. The Hall–Kier alpha value is -0.740. The van der Waals surface area contributed by atoms with Gasteiger partial charge < -0.3 is 10.1 Å². The summed E-state index contributed by atoms with van der Waals surface area (Å²) < 4.78 is 5.97. The second-order valence-electron chi connectivity index (χ2n) is 5.24. The Morgan fingerprint density at radius 1 is 1.22 bits per heavy atom. The van der Waals surface area contributed by atoms with Crippen molar-refractivity contribution in [1.29, 1.82) is 0 Å². The van der Waals surface area contributed by atoms with Crippen molar-refractivity contribution in [1.82, 2.24) is 10.2 Å². The summed E-state index contributed by atoms with van der Waals surface area (Å²) in [6.45, 7) is 2.16. The monoisotopic (exact) mass is 269 g/mol. The summed E-state index contributed by atoms with van der Waals surface area (Å²) in [6, 6.07) is 0. The molecule has 1 atom stereocenters. The summed E-state index contributed by atoms with van der Waals surface area (Å²) >= 11 is 6.44. The molecule has 2 fully saturated rings. The van der Waals surface area contributed by atoms with Gasteiger partial charge in [0.25, 0.3) is 0 Å². The van der Waals surface area contributed by atoms with Crippen LogP contribution in [0.4, 0.5) is 0 Å². The second kappa shape index (κ2) is 5.49. The molecule has 0 aromatic heterocycles. The van der Waals surface area contributed by atoms with Gasteiger partial charge in [0.05, 0.1) is 6.34 Å². The molecule has 100 valence electrons. The zero-order valence-corrected chi connectivity index (χ0v) is 11.3. The molecule has 0 spiro atoms. The van der Waals surface area contributed by atoms with Gasteiger partial charge in [0.15, 0.2) is 0 Å². The minimum atomic E-state index is -0.0354. The molecule has 2 heterocycles. The van der Waals surface area contributed by atoms with E-state index < -0.39 is 0 Å². The lowest BCUT2D eigenvalue weighted by Gasteiger charge is -2.28. The van der Waals surface area contributed by atoms with E-state index >= 15 is 0 Å². The van der Waals surface area contributed by atoms with Gasteiger partial charge in [0.2, 0.25) is 5.88 Å². The highest BCUT2D eigenvalue weighted by molar-refractivity contribution is 6.30. The van der Waals surface area contributed by atoms with Crippen molar-refractivity contribution in [3.8, 4) is 0 Å². The third kappa shape index (κ3) is 2.50. The number of nitrogens with zero attached hydrogens (tertiary/aromatic N) is 2. The first-order valence-corrected chi connectivity index (χ1v) is 7.31. The van der Waals surface area contributed by atoms with Crippen molar-refractivity contribution in [2.24, 2.45) is 4.99 Å². The summed E-state index contributed by atoms with van der Waals surface area (Å²) in [7, 11) is 0. The number of hydrogen-bond acceptors (Lipinski definition) is 4. The summed E-state index contributed by atoms with van der Waals surface area (Å²) in [4.78, 5) is 6.75. The molecule has 3 rings (SSSR count). The Balaban J connectivity index is 1.69. The third-order valence-corrected chi connectivity index (χ3v) is 4.30. The van der Waals surface area contributed by atoms with Crippen LogP contribution in [0.5, 0.6) is 0 Å². The summed E-state index contributed by atoms with van der Waals surface area (Å²) in [6.07, 6.45) is 9.29. The zero-order chi connectivity index (χ0) is 12.4. The molecule has 0 radical (unpaired) electrons. The van der Waals surface area contributed by atoms with E-state index in [1.807, 2.05) is 0 Å². The van der Waals surface area contributed by atoms with Gasteiger partial charge in [-0.1, -0.05) is 11.6 Å². The molecule has 0 bridgehead atoms. The fourth-order valence-corrected chi connectivity index (χ4v) is 3.22. The van der Waals surface area contributed by atoms with Crippen LogP contribution >= 0.6 is 11.6 Å². The van der Waals surface area contributed by atoms with Crippen LogP contribution in [0.25, 0.3) is 0 Å². The van der Waals surface area contributed by atoms with Crippen molar-refractivity contribution in [2.75, 3.05) is 13.1 Å². The molecule has 2 aliphatic heterocycles. The molecule has 0 aromatic carbocycles. The Labute approximate surface area is 113 Å². The summed E-state index contributed by atoms with van der Waals surface area (Å²) in [5.74, 6) is 0.718. The van der Waals surface area contributed by atoms with Crippen LogP contribution < -0.4 is 5.32 Å². The Morgan fingerprint density at radius 3 is 2.67 bits per heavy atom. The summed E-state index contributed by atoms with van der Waals surface area (Å²) in [5, 5.41) is 3.77. The van der Waals surface area contributed by atoms with Crippen LogP contribution in [0.15, 0.2) is 15.9 Å². The van der Waals surface area contributed by atoms with E-state index in [0.29, 0.717) is 11.1 Å². The fraction of sp³-hybridized carbons (Fsp3) is 0.769. The maximum absolute atomic E-state index is 6.44. The predicted molar refractivity (Wildman–Crippen MR) is 72.4 cm³/mol. The molecule has 4 nitrogen and oxygen atoms in total. The minimum Gasteiger partial charge on any atom is -0.475 e. The third-order valence-electron chi connectivity index (χ3n) is 3.93. The number of ether oxygens (including phenoxy) is 1. The van der Waals surface area contributed by atoms with E-state index in [4.69, 9.17) is 16.3 Å². The molecule has 1 aliphatic carbocycles. The van der Waals surface area contributed by atoms with Crippen LogP contribution in [0.2, 0.25) is 0 Å². The molecular weight excluding hydrogens is 250 g/mol. The topological polar surface area (TPSA) is 36.9 Å². The standard InChI is InChI=1S/C13H20ClN3O/c14-11-12(17-7-3-4-8-17)15-9-16-13(11)18-10-5-1-2-6-10/h9-10,12H,1-8H2,(H,15,16). The predicted octanol–water partition coefficient (Wildman–Crippen LogP) is 2.41. The molecule has 3 aliphatic rings. The smallest absolute Gasteiger partial charge is 0.210 e. The molecule has 1 unspecified atom stereocenters. The van der Waals surface area contributed by atoms with Crippen LogP contribution in [-0.2, 0) is 4.74 Å². The van der Waals surface area contributed by atoms with Crippen LogP contribution in [-0.4, -0.2) is 36.6 Å². The van der Waals surface area contributed by atoms with E-state index in [2.05, 4.69) is 15.2 Å². The van der Waals surface area contributed by atoms with Crippen LogP contribution in [0, 0.1) is 0 Å². The first kappa shape index (κ1) is 12.3. The number of likely N-dealkylation sites (tertiary alicyclic amines) is 1. The van der Waals surface area contributed by atoms with Gasteiger partial charge in [-0.2, -0.15) is 0 Å². The average Bonchev–Trinajstić information content (AvgIpc) is 3.04. The molecular formula is C13H20ClN3O. The molecule has 1 saturated carbocycles. The first-order valence-electron chi connectivity index (χ1n) is 6.93. The number of nitrogens with one attached hydrogen (secondary N) is 1. The van der Waals surface area contributed by atoms with Gasteiger partial charge in [-0.25, -0.2) is 0 Å². The van der Waals surface area contributed by atoms with Crippen molar-refractivity contribution in [2.45, 2.75) is 50.8 Å². The highest BCUT2D eigenvalue weighted by Gasteiger charge is 2.29. The fourth-order valence-electron chi connectivity index (χ4n) is 2.92. The maximum Gasteiger partial charge on any atom is 0.210 e. The van der Waals surface area contributed by atoms with Gasteiger partial charge in [0.1, 0.15) is 17.3 Å². The van der Waals surface area contributed by atoms with E-state index in [1.54, 1.807) is 6.34 Å². The summed E-state index contributed by atoms with van der Waals surface area (Å²) in [5.41, 5.74) is 0.